The van der Waals surface area contributed by atoms with E-state index in [1.807, 2.05) is 30.3 Å². The lowest BCUT2D eigenvalue weighted by atomic mass is 10.1. The smallest absolute Gasteiger partial charge is 0.266 e. The fourth-order valence-corrected chi connectivity index (χ4v) is 1.52. The average molecular weight is 222 g/mol. The summed E-state index contributed by atoms with van der Waals surface area (Å²) in [7, 11) is 0. The van der Waals surface area contributed by atoms with Crippen LogP contribution in [0, 0.1) is 0 Å². The number of rotatable bonds is 1. The van der Waals surface area contributed by atoms with E-state index in [1.165, 1.54) is 0 Å². The Balaban J connectivity index is 2.25. The highest BCUT2D eigenvalue weighted by Crippen LogP contribution is 2.15. The maximum absolute atomic E-state index is 11.7. The van der Waals surface area contributed by atoms with Crippen LogP contribution in [0.3, 0.4) is 0 Å². The highest BCUT2D eigenvalue weighted by Gasteiger charge is 2.30. The van der Waals surface area contributed by atoms with Crippen molar-refractivity contribution in [3.8, 4) is 0 Å². The van der Waals surface area contributed by atoms with E-state index in [1.54, 1.807) is 0 Å². The SMILES string of the molecule is NN1C(=O)C(c2ccccc2)NNC1=S. The minimum Gasteiger partial charge on any atom is -0.296 e. The van der Waals surface area contributed by atoms with Gasteiger partial charge in [-0.1, -0.05) is 30.3 Å². The van der Waals surface area contributed by atoms with Gasteiger partial charge in [0.1, 0.15) is 6.04 Å². The van der Waals surface area contributed by atoms with E-state index in [4.69, 9.17) is 18.1 Å². The van der Waals surface area contributed by atoms with Crippen molar-refractivity contribution in [3.05, 3.63) is 35.9 Å². The van der Waals surface area contributed by atoms with Crippen LogP contribution in [-0.4, -0.2) is 16.0 Å². The third-order valence-corrected chi connectivity index (χ3v) is 2.46. The first-order valence-electron chi connectivity index (χ1n) is 4.39. The Hall–Kier alpha value is -1.50. The molecule has 1 fully saturated rings. The van der Waals surface area contributed by atoms with Gasteiger partial charge in [-0.3, -0.25) is 10.2 Å². The molecule has 0 bridgehead atoms. The molecule has 78 valence electrons. The van der Waals surface area contributed by atoms with Gasteiger partial charge in [0, 0.05) is 0 Å². The standard InChI is InChI=1S/C9H10N4OS/c10-13-8(14)7(11-12-9(13)15)6-4-2-1-3-5-6/h1-5,7,11H,10H2,(H,12,15). The van der Waals surface area contributed by atoms with Gasteiger partial charge in [0.2, 0.25) is 5.11 Å². The second kappa shape index (κ2) is 3.93. The summed E-state index contributed by atoms with van der Waals surface area (Å²) >= 11 is 4.81. The van der Waals surface area contributed by atoms with Gasteiger partial charge in [0.25, 0.3) is 5.91 Å². The fourth-order valence-electron chi connectivity index (χ4n) is 1.37. The second-order valence-corrected chi connectivity index (χ2v) is 3.51. The third kappa shape index (κ3) is 1.82. The number of nitrogens with two attached hydrogens (primary N) is 1. The lowest BCUT2D eigenvalue weighted by Crippen LogP contribution is -2.62. The van der Waals surface area contributed by atoms with E-state index in [9.17, 15) is 4.79 Å². The molecule has 0 spiro atoms. The van der Waals surface area contributed by atoms with Crippen LogP contribution in [0.2, 0.25) is 0 Å². The Bertz CT molecular complexity index is 394. The van der Waals surface area contributed by atoms with Gasteiger partial charge in [0.15, 0.2) is 0 Å². The molecular formula is C9H10N4OS. The molecule has 5 nitrogen and oxygen atoms in total. The predicted octanol–water partition coefficient (Wildman–Crippen LogP) is -0.177. The van der Waals surface area contributed by atoms with Crippen molar-refractivity contribution in [2.24, 2.45) is 5.84 Å². The molecule has 15 heavy (non-hydrogen) atoms. The van der Waals surface area contributed by atoms with E-state index in [0.717, 1.165) is 10.6 Å². The number of carbonyl (C=O) groups excluding carboxylic acids is 1. The Morgan fingerprint density at radius 2 is 2.00 bits per heavy atom. The van der Waals surface area contributed by atoms with Crippen LogP contribution in [0.15, 0.2) is 30.3 Å². The van der Waals surface area contributed by atoms with Crippen LogP contribution in [0.4, 0.5) is 0 Å². The molecule has 0 aromatic heterocycles. The van der Waals surface area contributed by atoms with E-state index >= 15 is 0 Å². The molecule has 1 aromatic carbocycles. The van der Waals surface area contributed by atoms with Crippen molar-refractivity contribution in [1.82, 2.24) is 15.9 Å². The molecule has 0 aliphatic carbocycles. The number of benzene rings is 1. The Kier molecular flexibility index (Phi) is 2.63. The van der Waals surface area contributed by atoms with Crippen LogP contribution < -0.4 is 16.7 Å². The van der Waals surface area contributed by atoms with Gasteiger partial charge < -0.3 is 0 Å². The minimum absolute atomic E-state index is 0.173. The third-order valence-electron chi connectivity index (χ3n) is 2.16. The summed E-state index contributed by atoms with van der Waals surface area (Å²) in [6.07, 6.45) is 0. The van der Waals surface area contributed by atoms with Crippen molar-refractivity contribution in [2.75, 3.05) is 0 Å². The van der Waals surface area contributed by atoms with Gasteiger partial charge in [-0.2, -0.15) is 0 Å². The van der Waals surface area contributed by atoms with E-state index in [0.29, 0.717) is 0 Å². The summed E-state index contributed by atoms with van der Waals surface area (Å²) in [6.45, 7) is 0. The monoisotopic (exact) mass is 222 g/mol. The first-order valence-corrected chi connectivity index (χ1v) is 4.80. The maximum Gasteiger partial charge on any atom is 0.266 e. The maximum atomic E-state index is 11.7. The molecule has 0 radical (unpaired) electrons. The summed E-state index contributed by atoms with van der Waals surface area (Å²) in [5.41, 5.74) is 6.32. The van der Waals surface area contributed by atoms with Crippen LogP contribution in [0.1, 0.15) is 11.6 Å². The van der Waals surface area contributed by atoms with E-state index in [2.05, 4.69) is 10.9 Å². The molecule has 1 unspecified atom stereocenters. The Morgan fingerprint density at radius 1 is 1.33 bits per heavy atom. The number of hydrogen-bond donors (Lipinski definition) is 3. The van der Waals surface area contributed by atoms with Crippen LogP contribution in [0.5, 0.6) is 0 Å². The van der Waals surface area contributed by atoms with Crippen LogP contribution >= 0.6 is 12.2 Å². The summed E-state index contributed by atoms with van der Waals surface area (Å²) in [5.74, 6) is 5.22. The van der Waals surface area contributed by atoms with Crippen molar-refractivity contribution in [3.63, 3.8) is 0 Å². The van der Waals surface area contributed by atoms with E-state index in [-0.39, 0.29) is 11.0 Å². The normalized spacial score (nSPS) is 21.4. The number of carbonyl (C=O) groups is 1. The molecule has 4 N–H and O–H groups in total. The molecule has 1 atom stereocenters. The summed E-state index contributed by atoms with van der Waals surface area (Å²) < 4.78 is 0. The van der Waals surface area contributed by atoms with Crippen LogP contribution in [0.25, 0.3) is 0 Å². The molecule has 1 aromatic rings. The number of hydrazine groups is 2. The molecule has 1 heterocycles. The zero-order valence-corrected chi connectivity index (χ0v) is 8.62. The number of hydrogen-bond acceptors (Lipinski definition) is 4. The van der Waals surface area contributed by atoms with E-state index < -0.39 is 6.04 Å². The number of thiocarbonyl (C=S) groups is 1. The van der Waals surface area contributed by atoms with Crippen molar-refractivity contribution >= 4 is 23.2 Å². The molecule has 2 rings (SSSR count). The summed E-state index contributed by atoms with van der Waals surface area (Å²) in [5, 5.41) is 1.11. The van der Waals surface area contributed by atoms with Crippen molar-refractivity contribution in [1.29, 1.82) is 0 Å². The zero-order valence-electron chi connectivity index (χ0n) is 7.81. The van der Waals surface area contributed by atoms with Gasteiger partial charge >= 0.3 is 0 Å². The highest BCUT2D eigenvalue weighted by atomic mass is 32.1. The van der Waals surface area contributed by atoms with Gasteiger partial charge in [-0.05, 0) is 17.8 Å². The lowest BCUT2D eigenvalue weighted by molar-refractivity contribution is -0.131. The predicted molar refractivity (Wildman–Crippen MR) is 59.1 cm³/mol. The molecule has 6 heteroatoms. The molecule has 1 saturated heterocycles. The summed E-state index contributed by atoms with van der Waals surface area (Å²) in [4.78, 5) is 11.7. The molecular weight excluding hydrogens is 212 g/mol. The number of amides is 1. The Labute approximate surface area is 92.2 Å². The molecule has 1 aliphatic rings. The first-order chi connectivity index (χ1) is 7.20. The minimum atomic E-state index is -0.497. The topological polar surface area (TPSA) is 70.4 Å². The van der Waals surface area contributed by atoms with Crippen molar-refractivity contribution in [2.45, 2.75) is 6.04 Å². The number of nitrogens with zero attached hydrogens (tertiary/aromatic N) is 1. The molecule has 1 amide bonds. The van der Waals surface area contributed by atoms with Crippen molar-refractivity contribution < 1.29 is 4.79 Å². The molecule has 0 saturated carbocycles. The van der Waals surface area contributed by atoms with Gasteiger partial charge in [-0.25, -0.2) is 16.3 Å². The Morgan fingerprint density at radius 3 is 2.67 bits per heavy atom. The first kappa shape index (κ1) is 10.0. The average Bonchev–Trinajstić information content (AvgIpc) is 2.27. The van der Waals surface area contributed by atoms with Gasteiger partial charge in [-0.15, -0.1) is 0 Å². The zero-order chi connectivity index (χ0) is 10.8. The van der Waals surface area contributed by atoms with Gasteiger partial charge in [0.05, 0.1) is 0 Å². The number of nitrogens with one attached hydrogen (secondary N) is 2. The lowest BCUT2D eigenvalue weighted by Gasteiger charge is -2.31. The highest BCUT2D eigenvalue weighted by molar-refractivity contribution is 7.80. The largest absolute Gasteiger partial charge is 0.296 e. The van der Waals surface area contributed by atoms with Crippen LogP contribution in [-0.2, 0) is 4.79 Å². The molecule has 1 aliphatic heterocycles. The second-order valence-electron chi connectivity index (χ2n) is 3.13. The quantitative estimate of drug-likeness (QED) is 0.349. The summed E-state index contributed by atoms with van der Waals surface area (Å²) in [6, 6.07) is 8.80. The fraction of sp³-hybridized carbons (Fsp3) is 0.111.